The van der Waals surface area contributed by atoms with Gasteiger partial charge in [0.25, 0.3) is 0 Å². The van der Waals surface area contributed by atoms with Gasteiger partial charge in [-0.3, -0.25) is 4.98 Å². The molecule has 82 valence electrons. The van der Waals surface area contributed by atoms with Crippen LogP contribution < -0.4 is 5.73 Å². The minimum absolute atomic E-state index is 0.0178. The van der Waals surface area contributed by atoms with Crippen molar-refractivity contribution in [2.45, 2.75) is 23.0 Å². The lowest BCUT2D eigenvalue weighted by Crippen LogP contribution is -2.04. The molecule has 2 N–H and O–H groups in total. The highest BCUT2D eigenvalue weighted by Gasteiger charge is 2.03. The van der Waals surface area contributed by atoms with Gasteiger partial charge >= 0.3 is 0 Å². The van der Waals surface area contributed by atoms with Crippen molar-refractivity contribution in [1.82, 2.24) is 15.0 Å². The molecule has 0 aliphatic carbocycles. The normalized spacial score (nSPS) is 12.4. The van der Waals surface area contributed by atoms with Gasteiger partial charge in [0.05, 0.1) is 6.20 Å². The molecule has 0 unspecified atom stereocenters. The van der Waals surface area contributed by atoms with E-state index in [9.17, 15) is 0 Å². The highest BCUT2D eigenvalue weighted by molar-refractivity contribution is 7.99. The van der Waals surface area contributed by atoms with Gasteiger partial charge in [-0.05, 0) is 36.4 Å². The average Bonchev–Trinajstić information content (AvgIpc) is 2.30. The van der Waals surface area contributed by atoms with Crippen molar-refractivity contribution < 1.29 is 0 Å². The Morgan fingerprint density at radius 1 is 1.19 bits per heavy atom. The van der Waals surface area contributed by atoms with Gasteiger partial charge in [-0.25, -0.2) is 9.97 Å². The van der Waals surface area contributed by atoms with Gasteiger partial charge in [0.2, 0.25) is 0 Å². The van der Waals surface area contributed by atoms with Gasteiger partial charge in [-0.15, -0.1) is 0 Å². The Morgan fingerprint density at radius 3 is 2.69 bits per heavy atom. The van der Waals surface area contributed by atoms with Crippen LogP contribution in [-0.4, -0.2) is 15.0 Å². The second-order valence-electron chi connectivity index (χ2n) is 3.36. The molecule has 0 saturated carbocycles. The molecule has 5 heteroatoms. The third kappa shape index (κ3) is 2.77. The van der Waals surface area contributed by atoms with Crippen molar-refractivity contribution in [2.75, 3.05) is 0 Å². The van der Waals surface area contributed by atoms with Crippen molar-refractivity contribution >= 4 is 11.8 Å². The Balaban J connectivity index is 2.19. The molecule has 0 radical (unpaired) electrons. The molecule has 1 atom stereocenters. The average molecular weight is 232 g/mol. The number of nitrogens with zero attached hydrogens (tertiary/aromatic N) is 3. The zero-order chi connectivity index (χ0) is 11.4. The van der Waals surface area contributed by atoms with Crippen LogP contribution in [0.15, 0.2) is 47.0 Å². The first kappa shape index (κ1) is 11.0. The molecule has 16 heavy (non-hydrogen) atoms. The predicted octanol–water partition coefficient (Wildman–Crippen LogP) is 2.04. The number of rotatable bonds is 3. The number of aromatic nitrogens is 3. The van der Waals surface area contributed by atoms with Gasteiger partial charge in [0.1, 0.15) is 10.1 Å². The van der Waals surface area contributed by atoms with E-state index in [-0.39, 0.29) is 6.04 Å². The van der Waals surface area contributed by atoms with Gasteiger partial charge in [0.15, 0.2) is 0 Å². The quantitative estimate of drug-likeness (QED) is 0.877. The Hall–Kier alpha value is -1.46. The number of hydrogen-bond donors (Lipinski definition) is 1. The van der Waals surface area contributed by atoms with Crippen LogP contribution in [-0.2, 0) is 0 Å². The molecule has 0 fully saturated rings. The molecule has 0 spiro atoms. The molecule has 2 rings (SSSR count). The number of hydrogen-bond acceptors (Lipinski definition) is 5. The van der Waals surface area contributed by atoms with Crippen LogP contribution in [0.3, 0.4) is 0 Å². The highest BCUT2D eigenvalue weighted by atomic mass is 32.2. The third-order valence-electron chi connectivity index (χ3n) is 2.03. The number of pyridine rings is 1. The first-order chi connectivity index (χ1) is 7.75. The lowest BCUT2D eigenvalue weighted by atomic mass is 10.1. The van der Waals surface area contributed by atoms with E-state index >= 15 is 0 Å². The molecule has 0 aromatic carbocycles. The summed E-state index contributed by atoms with van der Waals surface area (Å²) in [6.45, 7) is 1.95. The van der Waals surface area contributed by atoms with Crippen molar-refractivity contribution in [3.05, 3.63) is 42.5 Å². The Morgan fingerprint density at radius 2 is 2.00 bits per heavy atom. The lowest BCUT2D eigenvalue weighted by Gasteiger charge is -2.06. The highest BCUT2D eigenvalue weighted by Crippen LogP contribution is 2.24. The van der Waals surface area contributed by atoms with Crippen LogP contribution >= 0.6 is 11.8 Å². The molecular formula is C11H12N4S. The van der Waals surface area contributed by atoms with E-state index in [1.54, 1.807) is 24.8 Å². The molecule has 2 aromatic heterocycles. The van der Waals surface area contributed by atoms with E-state index in [4.69, 9.17) is 5.73 Å². The van der Waals surface area contributed by atoms with Gasteiger partial charge in [-0.1, -0.05) is 0 Å². The van der Waals surface area contributed by atoms with E-state index in [0.717, 1.165) is 15.6 Å². The van der Waals surface area contributed by atoms with Gasteiger partial charge in [-0.2, -0.15) is 0 Å². The number of nitrogens with two attached hydrogens (primary N) is 1. The first-order valence-corrected chi connectivity index (χ1v) is 5.73. The summed E-state index contributed by atoms with van der Waals surface area (Å²) in [6.07, 6.45) is 6.79. The second kappa shape index (κ2) is 5.05. The molecule has 0 bridgehead atoms. The Labute approximate surface area is 98.3 Å². The van der Waals surface area contributed by atoms with E-state index in [2.05, 4.69) is 15.0 Å². The van der Waals surface area contributed by atoms with Crippen molar-refractivity contribution in [3.63, 3.8) is 0 Å². The molecule has 0 aliphatic heterocycles. The predicted molar refractivity (Wildman–Crippen MR) is 63.0 cm³/mol. The summed E-state index contributed by atoms with van der Waals surface area (Å²) in [6, 6.07) is 3.92. The third-order valence-corrected chi connectivity index (χ3v) is 2.89. The molecule has 0 amide bonds. The van der Waals surface area contributed by atoms with E-state index in [1.807, 2.05) is 19.1 Å². The second-order valence-corrected chi connectivity index (χ2v) is 4.40. The van der Waals surface area contributed by atoms with Gasteiger partial charge < -0.3 is 5.73 Å². The molecular weight excluding hydrogens is 220 g/mol. The molecule has 0 aliphatic rings. The summed E-state index contributed by atoms with van der Waals surface area (Å²) in [5, 5.41) is 1.71. The SMILES string of the molecule is C[C@H](N)c1ccnc(Sc2cnccn2)c1. The van der Waals surface area contributed by atoms with Crippen molar-refractivity contribution in [2.24, 2.45) is 5.73 Å². The maximum Gasteiger partial charge on any atom is 0.121 e. The smallest absolute Gasteiger partial charge is 0.121 e. The summed E-state index contributed by atoms with van der Waals surface area (Å²) in [5.41, 5.74) is 6.88. The topological polar surface area (TPSA) is 64.7 Å². The summed E-state index contributed by atoms with van der Waals surface area (Å²) in [7, 11) is 0. The van der Waals surface area contributed by atoms with Crippen LogP contribution in [0.2, 0.25) is 0 Å². The van der Waals surface area contributed by atoms with E-state index in [0.29, 0.717) is 0 Å². The van der Waals surface area contributed by atoms with E-state index < -0.39 is 0 Å². The van der Waals surface area contributed by atoms with Crippen molar-refractivity contribution in [1.29, 1.82) is 0 Å². The van der Waals surface area contributed by atoms with Crippen LogP contribution in [0, 0.1) is 0 Å². The fraction of sp³-hybridized carbons (Fsp3) is 0.182. The zero-order valence-electron chi connectivity index (χ0n) is 8.87. The van der Waals surface area contributed by atoms with Gasteiger partial charge in [0, 0.05) is 24.6 Å². The summed E-state index contributed by atoms with van der Waals surface area (Å²) >= 11 is 1.48. The lowest BCUT2D eigenvalue weighted by molar-refractivity contribution is 0.808. The Kier molecular flexibility index (Phi) is 3.48. The zero-order valence-corrected chi connectivity index (χ0v) is 9.69. The monoisotopic (exact) mass is 232 g/mol. The summed E-state index contributed by atoms with van der Waals surface area (Å²) < 4.78 is 0. The summed E-state index contributed by atoms with van der Waals surface area (Å²) in [5.74, 6) is 0. The summed E-state index contributed by atoms with van der Waals surface area (Å²) in [4.78, 5) is 12.4. The van der Waals surface area contributed by atoms with Crippen LogP contribution in [0.1, 0.15) is 18.5 Å². The molecule has 2 aromatic rings. The minimum Gasteiger partial charge on any atom is -0.324 e. The van der Waals surface area contributed by atoms with Crippen LogP contribution in [0.4, 0.5) is 0 Å². The molecule has 2 heterocycles. The van der Waals surface area contributed by atoms with E-state index in [1.165, 1.54) is 11.8 Å². The molecule has 0 saturated heterocycles. The minimum atomic E-state index is 0.0178. The first-order valence-electron chi connectivity index (χ1n) is 4.91. The fourth-order valence-corrected chi connectivity index (χ4v) is 1.96. The Bertz CT molecular complexity index is 459. The van der Waals surface area contributed by atoms with Crippen molar-refractivity contribution in [3.8, 4) is 0 Å². The largest absolute Gasteiger partial charge is 0.324 e. The standard InChI is InChI=1S/C11H12N4S/c1-8(12)9-2-3-14-10(6-9)16-11-7-13-4-5-15-11/h2-8H,12H2,1H3/t8-/m0/s1. The van der Waals surface area contributed by atoms with Crippen LogP contribution in [0.5, 0.6) is 0 Å². The maximum absolute atomic E-state index is 5.81. The molecule has 4 nitrogen and oxygen atoms in total. The maximum atomic E-state index is 5.81. The van der Waals surface area contributed by atoms with Crippen LogP contribution in [0.25, 0.3) is 0 Å². The fourth-order valence-electron chi connectivity index (χ4n) is 1.21.